The topological polar surface area (TPSA) is 44.8 Å². The van der Waals surface area contributed by atoms with E-state index in [9.17, 15) is 4.79 Å². The van der Waals surface area contributed by atoms with Crippen molar-refractivity contribution < 1.29 is 9.53 Å². The molecule has 0 radical (unpaired) electrons. The van der Waals surface area contributed by atoms with Crippen molar-refractivity contribution in [2.24, 2.45) is 0 Å². The van der Waals surface area contributed by atoms with E-state index in [-0.39, 0.29) is 11.9 Å². The van der Waals surface area contributed by atoms with E-state index in [0.717, 1.165) is 43.9 Å². The van der Waals surface area contributed by atoms with Gasteiger partial charge in [-0.3, -0.25) is 9.69 Å². The molecule has 1 aromatic carbocycles. The van der Waals surface area contributed by atoms with Crippen molar-refractivity contribution in [2.45, 2.75) is 31.3 Å². The number of likely N-dealkylation sites (N-methyl/N-ethyl adjacent to an activating group) is 1. The summed E-state index contributed by atoms with van der Waals surface area (Å²) < 4.78 is 5.40. The number of ether oxygens (including phenoxy) is 1. The van der Waals surface area contributed by atoms with Gasteiger partial charge in [0.05, 0.1) is 18.8 Å². The Hall–Kier alpha value is -1.59. The Bertz CT molecular complexity index is 534. The number of rotatable bonds is 4. The summed E-state index contributed by atoms with van der Waals surface area (Å²) >= 11 is 0. The molecule has 2 atom stereocenters. The molecule has 2 unspecified atom stereocenters. The largest absolute Gasteiger partial charge is 0.495 e. The first-order chi connectivity index (χ1) is 10.7. The highest BCUT2D eigenvalue weighted by Crippen LogP contribution is 2.32. The second-order valence-corrected chi connectivity index (χ2v) is 6.09. The molecule has 0 aromatic heterocycles. The maximum Gasteiger partial charge on any atom is 0.244 e. The zero-order chi connectivity index (χ0) is 15.5. The molecule has 0 spiro atoms. The Kier molecular flexibility index (Phi) is 4.64. The monoisotopic (exact) mass is 303 g/mol. The summed E-state index contributed by atoms with van der Waals surface area (Å²) in [7, 11) is 3.66. The lowest BCUT2D eigenvalue weighted by molar-refractivity contribution is -0.122. The van der Waals surface area contributed by atoms with Crippen LogP contribution in [0.25, 0.3) is 0 Å². The second kappa shape index (κ2) is 6.67. The summed E-state index contributed by atoms with van der Waals surface area (Å²) in [5.41, 5.74) is 0.889. The van der Waals surface area contributed by atoms with Crippen molar-refractivity contribution in [1.29, 1.82) is 0 Å². The van der Waals surface area contributed by atoms with Gasteiger partial charge >= 0.3 is 0 Å². The number of hydrogen-bond acceptors (Lipinski definition) is 4. The molecule has 0 bridgehead atoms. The minimum Gasteiger partial charge on any atom is -0.495 e. The van der Waals surface area contributed by atoms with Crippen LogP contribution in [0.5, 0.6) is 5.75 Å². The fraction of sp³-hybridized carbons (Fsp3) is 0.588. The minimum absolute atomic E-state index is 0.0149. The first kappa shape index (κ1) is 15.3. The lowest BCUT2D eigenvalue weighted by Gasteiger charge is -2.35. The fourth-order valence-corrected chi connectivity index (χ4v) is 3.62. The first-order valence-electron chi connectivity index (χ1n) is 8.10. The summed E-state index contributed by atoms with van der Waals surface area (Å²) in [5.74, 6) is 0.976. The zero-order valence-corrected chi connectivity index (χ0v) is 13.4. The number of carbonyl (C=O) groups excluding carboxylic acids is 1. The van der Waals surface area contributed by atoms with Crippen LogP contribution in [0.3, 0.4) is 0 Å². The summed E-state index contributed by atoms with van der Waals surface area (Å²) in [6.45, 7) is 2.76. The van der Waals surface area contributed by atoms with Crippen LogP contribution in [-0.4, -0.2) is 56.7 Å². The summed E-state index contributed by atoms with van der Waals surface area (Å²) in [5, 5.41) is 3.35. The molecule has 1 N–H and O–H groups in total. The lowest BCUT2D eigenvalue weighted by Crippen LogP contribution is -2.51. The standard InChI is InChI=1S/C17H25N3O2/c1-18-13-6-5-10-19(12-13)15-9-11-20(17(15)21)14-7-3-4-8-16(14)22-2/h3-4,7-8,13,15,18H,5-6,9-12H2,1-2H3. The van der Waals surface area contributed by atoms with E-state index in [2.05, 4.69) is 10.2 Å². The SMILES string of the molecule is CNC1CCCN(C2CCN(c3ccccc3OC)C2=O)C1. The molecular weight excluding hydrogens is 278 g/mol. The molecular formula is C17H25N3O2. The van der Waals surface area contributed by atoms with Crippen LogP contribution in [-0.2, 0) is 4.79 Å². The molecule has 5 heteroatoms. The van der Waals surface area contributed by atoms with E-state index in [0.29, 0.717) is 6.04 Å². The van der Waals surface area contributed by atoms with Crippen LogP contribution in [0.2, 0.25) is 0 Å². The van der Waals surface area contributed by atoms with Crippen molar-refractivity contribution in [2.75, 3.05) is 38.7 Å². The summed E-state index contributed by atoms with van der Waals surface area (Å²) in [4.78, 5) is 17.1. The third kappa shape index (κ3) is 2.83. The molecule has 0 saturated carbocycles. The van der Waals surface area contributed by atoms with Crippen LogP contribution < -0.4 is 15.0 Å². The molecule has 2 aliphatic rings. The molecule has 1 amide bonds. The molecule has 1 aromatic rings. The molecule has 2 aliphatic heterocycles. The average molecular weight is 303 g/mol. The third-order valence-corrected chi connectivity index (χ3v) is 4.86. The Morgan fingerprint density at radius 3 is 2.82 bits per heavy atom. The van der Waals surface area contributed by atoms with Crippen molar-refractivity contribution in [3.63, 3.8) is 0 Å². The number of likely N-dealkylation sites (tertiary alicyclic amines) is 1. The van der Waals surface area contributed by atoms with E-state index in [1.807, 2.05) is 36.2 Å². The molecule has 0 aliphatic carbocycles. The van der Waals surface area contributed by atoms with Crippen LogP contribution in [0.15, 0.2) is 24.3 Å². The van der Waals surface area contributed by atoms with E-state index < -0.39 is 0 Å². The van der Waals surface area contributed by atoms with E-state index >= 15 is 0 Å². The molecule has 2 heterocycles. The third-order valence-electron chi connectivity index (χ3n) is 4.86. The van der Waals surface area contributed by atoms with Crippen molar-refractivity contribution >= 4 is 11.6 Å². The number of nitrogens with zero attached hydrogens (tertiary/aromatic N) is 2. The van der Waals surface area contributed by atoms with Gasteiger partial charge in [0, 0.05) is 19.1 Å². The highest BCUT2D eigenvalue weighted by atomic mass is 16.5. The molecule has 5 nitrogen and oxygen atoms in total. The van der Waals surface area contributed by atoms with Crippen LogP contribution >= 0.6 is 0 Å². The number of carbonyl (C=O) groups is 1. The van der Waals surface area contributed by atoms with Gasteiger partial charge in [-0.25, -0.2) is 0 Å². The Morgan fingerprint density at radius 2 is 2.05 bits per heavy atom. The van der Waals surface area contributed by atoms with Gasteiger partial charge in [-0.15, -0.1) is 0 Å². The number of benzene rings is 1. The smallest absolute Gasteiger partial charge is 0.244 e. The average Bonchev–Trinajstić information content (AvgIpc) is 2.96. The molecule has 2 saturated heterocycles. The Morgan fingerprint density at radius 1 is 1.23 bits per heavy atom. The molecule has 120 valence electrons. The minimum atomic E-state index is 0.0149. The van der Waals surface area contributed by atoms with Gasteiger partial charge in [-0.05, 0) is 45.0 Å². The molecule has 3 rings (SSSR count). The summed E-state index contributed by atoms with van der Waals surface area (Å²) in [6, 6.07) is 8.28. The van der Waals surface area contributed by atoms with Crippen molar-refractivity contribution in [1.82, 2.24) is 10.2 Å². The lowest BCUT2D eigenvalue weighted by atomic mass is 10.0. The van der Waals surface area contributed by atoms with Gasteiger partial charge in [-0.1, -0.05) is 12.1 Å². The second-order valence-electron chi connectivity index (χ2n) is 6.09. The Balaban J connectivity index is 1.74. The number of para-hydroxylation sites is 2. The predicted molar refractivity (Wildman–Crippen MR) is 87.4 cm³/mol. The molecule has 2 fully saturated rings. The number of nitrogens with one attached hydrogen (secondary N) is 1. The van der Waals surface area contributed by atoms with Gasteiger partial charge in [-0.2, -0.15) is 0 Å². The number of amides is 1. The van der Waals surface area contributed by atoms with E-state index in [1.54, 1.807) is 7.11 Å². The van der Waals surface area contributed by atoms with E-state index in [4.69, 9.17) is 4.74 Å². The van der Waals surface area contributed by atoms with Crippen molar-refractivity contribution in [3.8, 4) is 5.75 Å². The van der Waals surface area contributed by atoms with Crippen LogP contribution in [0.1, 0.15) is 19.3 Å². The molecule has 22 heavy (non-hydrogen) atoms. The van der Waals surface area contributed by atoms with Gasteiger partial charge in [0.15, 0.2) is 0 Å². The van der Waals surface area contributed by atoms with Gasteiger partial charge in [0.1, 0.15) is 5.75 Å². The number of methoxy groups -OCH3 is 1. The van der Waals surface area contributed by atoms with Crippen molar-refractivity contribution in [3.05, 3.63) is 24.3 Å². The number of anilines is 1. The maximum atomic E-state index is 12.9. The van der Waals surface area contributed by atoms with Gasteiger partial charge in [0.25, 0.3) is 0 Å². The maximum absolute atomic E-state index is 12.9. The van der Waals surface area contributed by atoms with Gasteiger partial charge < -0.3 is 15.0 Å². The number of piperidine rings is 1. The normalized spacial score (nSPS) is 26.5. The van der Waals surface area contributed by atoms with E-state index in [1.165, 1.54) is 6.42 Å². The predicted octanol–water partition coefficient (Wildman–Crippen LogP) is 1.48. The van der Waals surface area contributed by atoms with Gasteiger partial charge in [0.2, 0.25) is 5.91 Å². The zero-order valence-electron chi connectivity index (χ0n) is 13.4. The highest BCUT2D eigenvalue weighted by Gasteiger charge is 2.38. The number of hydrogen-bond donors (Lipinski definition) is 1. The first-order valence-corrected chi connectivity index (χ1v) is 8.10. The highest BCUT2D eigenvalue weighted by molar-refractivity contribution is 6.00. The fourth-order valence-electron chi connectivity index (χ4n) is 3.62. The van der Waals surface area contributed by atoms with Crippen LogP contribution in [0, 0.1) is 0 Å². The Labute approximate surface area is 132 Å². The summed E-state index contributed by atoms with van der Waals surface area (Å²) in [6.07, 6.45) is 3.25. The van der Waals surface area contributed by atoms with Crippen LogP contribution in [0.4, 0.5) is 5.69 Å². The quantitative estimate of drug-likeness (QED) is 0.915.